The van der Waals surface area contributed by atoms with Crippen molar-refractivity contribution in [2.24, 2.45) is 0 Å². The molecule has 2 aliphatic rings. The molecular weight excluding hydrogens is 865 g/mol. The van der Waals surface area contributed by atoms with Gasteiger partial charge in [-0.2, -0.15) is 0 Å². The van der Waals surface area contributed by atoms with Gasteiger partial charge in [0.25, 0.3) is 0 Å². The van der Waals surface area contributed by atoms with Gasteiger partial charge >= 0.3 is 0 Å². The Bertz CT molecular complexity index is 3780. The van der Waals surface area contributed by atoms with Crippen LogP contribution >= 0.6 is 22.7 Å². The second-order valence-corrected chi connectivity index (χ2v) is 19.7. The van der Waals surface area contributed by atoms with Crippen molar-refractivity contribution < 1.29 is 4.74 Å². The molecule has 0 amide bonds. The summed E-state index contributed by atoms with van der Waals surface area (Å²) in [7, 11) is 0. The summed E-state index contributed by atoms with van der Waals surface area (Å²) in [6.07, 6.45) is 0. The van der Waals surface area contributed by atoms with E-state index in [0.717, 1.165) is 82.6 Å². The van der Waals surface area contributed by atoms with Crippen LogP contribution < -0.4 is 4.74 Å². The molecule has 1 spiro atoms. The fraction of sp³-hybridized carbons (Fsp3) is 0.0159. The predicted molar refractivity (Wildman–Crippen MR) is 283 cm³/mol. The summed E-state index contributed by atoms with van der Waals surface area (Å²) in [6, 6.07) is 83.6. The van der Waals surface area contributed by atoms with Crippen molar-refractivity contribution in [1.82, 2.24) is 9.97 Å². The van der Waals surface area contributed by atoms with Gasteiger partial charge in [0, 0.05) is 22.3 Å². The van der Waals surface area contributed by atoms with Crippen molar-refractivity contribution in [3.63, 3.8) is 0 Å². The molecule has 5 heteroatoms. The summed E-state index contributed by atoms with van der Waals surface area (Å²) < 4.78 is 8.97. The minimum Gasteiger partial charge on any atom is -0.457 e. The smallest absolute Gasteiger partial charge is 0.132 e. The SMILES string of the molecule is c1ccc(-c2nc3ccc(-c4cc(-c5cccc(-c6ccc7c(c6)C6(c8ccccc8Oc8ccccc86)c6ccccc6-7)c5)cc(-c5ccc6nc(-c7ccccc7)sc6c5)c4)cc3s2)cc1. The van der Waals surface area contributed by atoms with Gasteiger partial charge in [-0.15, -0.1) is 22.7 Å². The summed E-state index contributed by atoms with van der Waals surface area (Å²) >= 11 is 3.49. The topological polar surface area (TPSA) is 35.0 Å². The van der Waals surface area contributed by atoms with Gasteiger partial charge in [0.15, 0.2) is 0 Å². The number of aromatic nitrogens is 2. The number of benzene rings is 10. The summed E-state index contributed by atoms with van der Waals surface area (Å²) in [6.45, 7) is 0. The number of nitrogens with zero attached hydrogens (tertiary/aromatic N) is 2. The van der Waals surface area contributed by atoms with Gasteiger partial charge in [0.05, 0.1) is 25.8 Å². The molecule has 3 nitrogen and oxygen atoms in total. The lowest BCUT2D eigenvalue weighted by Crippen LogP contribution is -2.32. The number of hydrogen-bond acceptors (Lipinski definition) is 5. The zero-order valence-electron chi connectivity index (χ0n) is 36.6. The maximum atomic E-state index is 6.63. The summed E-state index contributed by atoms with van der Waals surface area (Å²) in [5, 5.41) is 2.06. The van der Waals surface area contributed by atoms with Crippen LogP contribution in [0.1, 0.15) is 22.3 Å². The molecule has 0 fully saturated rings. The van der Waals surface area contributed by atoms with E-state index in [1.807, 2.05) is 0 Å². The molecule has 0 atom stereocenters. The minimum atomic E-state index is -0.531. The van der Waals surface area contributed by atoms with E-state index in [0.29, 0.717) is 0 Å². The van der Waals surface area contributed by atoms with Gasteiger partial charge in [-0.1, -0.05) is 164 Å². The first kappa shape index (κ1) is 39.0. The highest BCUT2D eigenvalue weighted by Gasteiger charge is 2.51. The lowest BCUT2D eigenvalue weighted by Gasteiger charge is -2.39. The number of hydrogen-bond donors (Lipinski definition) is 0. The molecule has 0 saturated heterocycles. The van der Waals surface area contributed by atoms with E-state index >= 15 is 0 Å². The Hall–Kier alpha value is -8.22. The first-order chi connectivity index (χ1) is 33.6. The van der Waals surface area contributed by atoms with Gasteiger partial charge in [-0.3, -0.25) is 0 Å². The molecule has 10 aromatic carbocycles. The van der Waals surface area contributed by atoms with Crippen molar-refractivity contribution in [3.05, 3.63) is 253 Å². The van der Waals surface area contributed by atoms with Crippen LogP contribution in [0.15, 0.2) is 231 Å². The van der Waals surface area contributed by atoms with Crippen molar-refractivity contribution in [1.29, 1.82) is 0 Å². The van der Waals surface area contributed by atoms with Crippen LogP contribution in [0.5, 0.6) is 11.5 Å². The number of thiazole rings is 2. The van der Waals surface area contributed by atoms with Crippen LogP contribution in [0.25, 0.3) is 97.2 Å². The van der Waals surface area contributed by atoms with Crippen LogP contribution in [0, 0.1) is 0 Å². The Morgan fingerprint density at radius 3 is 1.28 bits per heavy atom. The Morgan fingerprint density at radius 2 is 0.706 bits per heavy atom. The van der Waals surface area contributed by atoms with Crippen molar-refractivity contribution in [3.8, 4) is 88.3 Å². The van der Waals surface area contributed by atoms with E-state index in [1.165, 1.54) is 48.3 Å². The zero-order valence-corrected chi connectivity index (χ0v) is 38.2. The van der Waals surface area contributed by atoms with Crippen LogP contribution in [0.2, 0.25) is 0 Å². The second kappa shape index (κ2) is 15.4. The Kier molecular flexibility index (Phi) is 8.85. The highest BCUT2D eigenvalue weighted by molar-refractivity contribution is 7.22. The van der Waals surface area contributed by atoms with Crippen molar-refractivity contribution in [2.45, 2.75) is 5.41 Å². The van der Waals surface area contributed by atoms with Crippen molar-refractivity contribution in [2.75, 3.05) is 0 Å². The van der Waals surface area contributed by atoms with Gasteiger partial charge in [0.2, 0.25) is 0 Å². The Morgan fingerprint density at radius 1 is 0.294 bits per heavy atom. The average Bonchev–Trinajstić information content (AvgIpc) is 4.12. The van der Waals surface area contributed by atoms with E-state index in [2.05, 4.69) is 231 Å². The van der Waals surface area contributed by atoms with Gasteiger partial charge in [-0.25, -0.2) is 9.97 Å². The summed E-state index contributed by atoms with van der Waals surface area (Å²) in [5.41, 5.74) is 20.5. The molecule has 0 unspecified atom stereocenters. The highest BCUT2D eigenvalue weighted by Crippen LogP contribution is 2.62. The van der Waals surface area contributed by atoms with Crippen LogP contribution in [-0.4, -0.2) is 9.97 Å². The molecule has 1 aliphatic heterocycles. The first-order valence-electron chi connectivity index (χ1n) is 22.9. The summed E-state index contributed by atoms with van der Waals surface area (Å²) in [5.74, 6) is 1.79. The minimum absolute atomic E-state index is 0.531. The number of rotatable bonds is 6. The molecule has 2 aromatic heterocycles. The van der Waals surface area contributed by atoms with E-state index in [9.17, 15) is 0 Å². The van der Waals surface area contributed by atoms with Gasteiger partial charge in [0.1, 0.15) is 21.5 Å². The molecule has 0 saturated carbocycles. The van der Waals surface area contributed by atoms with E-state index in [1.54, 1.807) is 22.7 Å². The maximum Gasteiger partial charge on any atom is 0.132 e. The molecule has 68 heavy (non-hydrogen) atoms. The largest absolute Gasteiger partial charge is 0.457 e. The first-order valence-corrected chi connectivity index (χ1v) is 24.6. The van der Waals surface area contributed by atoms with Gasteiger partial charge < -0.3 is 4.74 Å². The summed E-state index contributed by atoms with van der Waals surface area (Å²) in [4.78, 5) is 10.1. The van der Waals surface area contributed by atoms with Crippen molar-refractivity contribution >= 4 is 43.1 Å². The second-order valence-electron chi connectivity index (χ2n) is 17.7. The van der Waals surface area contributed by atoms with E-state index in [-0.39, 0.29) is 0 Å². The third kappa shape index (κ3) is 6.17. The molecular formula is C63H38N2OS2. The monoisotopic (exact) mass is 902 g/mol. The Labute approximate surface area is 401 Å². The van der Waals surface area contributed by atoms with Crippen LogP contribution in [-0.2, 0) is 5.41 Å². The fourth-order valence-electron chi connectivity index (χ4n) is 10.7. The lowest BCUT2D eigenvalue weighted by molar-refractivity contribution is 0.436. The molecule has 14 rings (SSSR count). The third-order valence-electron chi connectivity index (χ3n) is 13.8. The van der Waals surface area contributed by atoms with Gasteiger partial charge in [-0.05, 0) is 133 Å². The third-order valence-corrected chi connectivity index (χ3v) is 15.9. The van der Waals surface area contributed by atoms with E-state index < -0.39 is 5.41 Å². The predicted octanol–water partition coefficient (Wildman–Crippen LogP) is 17.4. The van der Waals surface area contributed by atoms with E-state index in [4.69, 9.17) is 14.7 Å². The number of fused-ring (bicyclic) bond motifs is 11. The highest BCUT2D eigenvalue weighted by atomic mass is 32.1. The quantitative estimate of drug-likeness (QED) is 0.167. The maximum absolute atomic E-state index is 6.63. The molecule has 0 bridgehead atoms. The molecule has 12 aromatic rings. The molecule has 318 valence electrons. The molecule has 1 aliphatic carbocycles. The lowest BCUT2D eigenvalue weighted by atomic mass is 9.66. The average molecular weight is 903 g/mol. The standard InChI is InChI=1S/C63H38N2OS2/c1-3-14-39(15-4-1)61-64-55-30-27-44(37-59(55)67-61)47-33-46(34-48(35-47)45-28-31-56-60(38-45)68-62(65-56)40-16-5-2-6-17-40)42-19-13-18-41(32-42)43-26-29-50-49-20-7-8-21-51(49)63(54(50)36-43)52-22-9-11-24-57(52)66-58-25-12-10-23-53(58)63/h1-38H. The fourth-order valence-corrected chi connectivity index (χ4v) is 12.7. The number of ether oxygens (including phenoxy) is 1. The van der Waals surface area contributed by atoms with Crippen LogP contribution in [0.4, 0.5) is 0 Å². The molecule has 0 N–H and O–H groups in total. The molecule has 0 radical (unpaired) electrons. The Balaban J connectivity index is 0.917. The normalized spacial score (nSPS) is 12.9. The zero-order chi connectivity index (χ0) is 44.8. The number of para-hydroxylation sites is 2. The molecule has 3 heterocycles. The van der Waals surface area contributed by atoms with Crippen LogP contribution in [0.3, 0.4) is 0 Å².